The first-order valence-corrected chi connectivity index (χ1v) is 12.7. The molecule has 1 aromatic heterocycles. The van der Waals surface area contributed by atoms with E-state index in [2.05, 4.69) is 10.3 Å². The van der Waals surface area contributed by atoms with Gasteiger partial charge in [-0.25, -0.2) is 13.4 Å². The molecule has 1 atom stereocenters. The number of rotatable bonds is 5. The lowest BCUT2D eigenvalue weighted by Crippen LogP contribution is -2.32. The summed E-state index contributed by atoms with van der Waals surface area (Å²) in [6.45, 7) is 4.48. The molecule has 7 nitrogen and oxygen atoms in total. The number of carbonyl (C=O) groups excluding carboxylic acids is 1. The van der Waals surface area contributed by atoms with Crippen molar-refractivity contribution < 1.29 is 13.2 Å². The number of nitrogens with two attached hydrogens (primary N) is 1. The molecule has 2 fully saturated rings. The van der Waals surface area contributed by atoms with Crippen molar-refractivity contribution in [2.45, 2.75) is 56.9 Å². The molecule has 1 aliphatic heterocycles. The number of thiazole rings is 1. The summed E-state index contributed by atoms with van der Waals surface area (Å²) in [5.41, 5.74) is 8.19. The van der Waals surface area contributed by atoms with Gasteiger partial charge < -0.3 is 11.1 Å². The van der Waals surface area contributed by atoms with E-state index >= 15 is 0 Å². The van der Waals surface area contributed by atoms with Gasteiger partial charge in [0.2, 0.25) is 15.9 Å². The molecule has 30 heavy (non-hydrogen) atoms. The minimum Gasteiger partial charge on any atom is -0.326 e. The van der Waals surface area contributed by atoms with Gasteiger partial charge in [0.25, 0.3) is 0 Å². The average Bonchev–Trinajstić information content (AvgIpc) is 3.43. The summed E-state index contributed by atoms with van der Waals surface area (Å²) >= 11 is 1.39. The van der Waals surface area contributed by atoms with Crippen molar-refractivity contribution in [1.29, 1.82) is 0 Å². The predicted octanol–water partition coefficient (Wildman–Crippen LogP) is 3.28. The van der Waals surface area contributed by atoms with E-state index in [0.717, 1.165) is 41.8 Å². The first-order valence-electron chi connectivity index (χ1n) is 10.4. The van der Waals surface area contributed by atoms with Crippen LogP contribution in [0.2, 0.25) is 0 Å². The SMILES string of the molecule is Cc1ccc(-c2sc(NC(=O)C3CCCC3)nc2C)cc1S(=O)(=O)N1CCC(N)C1. The number of benzene rings is 1. The highest BCUT2D eigenvalue weighted by molar-refractivity contribution is 7.89. The Bertz CT molecular complexity index is 1060. The summed E-state index contributed by atoms with van der Waals surface area (Å²) in [6, 6.07) is 5.34. The molecule has 1 unspecified atom stereocenters. The van der Waals surface area contributed by atoms with Crippen LogP contribution in [0.5, 0.6) is 0 Å². The van der Waals surface area contributed by atoms with Crippen LogP contribution in [0.3, 0.4) is 0 Å². The van der Waals surface area contributed by atoms with Crippen LogP contribution < -0.4 is 11.1 Å². The fraction of sp³-hybridized carbons (Fsp3) is 0.524. The van der Waals surface area contributed by atoms with E-state index in [0.29, 0.717) is 35.1 Å². The van der Waals surface area contributed by atoms with E-state index in [9.17, 15) is 13.2 Å². The molecule has 1 aliphatic carbocycles. The Morgan fingerprint density at radius 1 is 1.23 bits per heavy atom. The number of nitrogens with zero attached hydrogens (tertiary/aromatic N) is 2. The first kappa shape index (κ1) is 21.4. The van der Waals surface area contributed by atoms with Gasteiger partial charge in [-0.3, -0.25) is 4.79 Å². The van der Waals surface area contributed by atoms with Crippen molar-refractivity contribution in [3.63, 3.8) is 0 Å². The standard InChI is InChI=1S/C21H28N4O3S2/c1-13-7-8-16(11-18(13)30(27,28)25-10-9-17(22)12-25)19-14(2)23-21(29-19)24-20(26)15-5-3-4-6-15/h7-8,11,15,17H,3-6,9-10,12,22H2,1-2H3,(H,23,24,26). The Hall–Kier alpha value is -1.81. The number of aromatic nitrogens is 1. The summed E-state index contributed by atoms with van der Waals surface area (Å²) in [4.78, 5) is 18.1. The monoisotopic (exact) mass is 448 g/mol. The number of aryl methyl sites for hydroxylation is 2. The number of hydrogen-bond acceptors (Lipinski definition) is 6. The van der Waals surface area contributed by atoms with Gasteiger partial charge in [-0.15, -0.1) is 0 Å². The van der Waals surface area contributed by atoms with E-state index < -0.39 is 10.0 Å². The molecule has 1 saturated carbocycles. The maximum absolute atomic E-state index is 13.2. The third kappa shape index (κ3) is 4.16. The van der Waals surface area contributed by atoms with Crippen LogP contribution in [-0.2, 0) is 14.8 Å². The van der Waals surface area contributed by atoms with E-state index in [1.807, 2.05) is 19.1 Å². The number of hydrogen-bond donors (Lipinski definition) is 2. The molecule has 1 amide bonds. The van der Waals surface area contributed by atoms with Crippen LogP contribution in [0.25, 0.3) is 10.4 Å². The molecule has 2 aliphatic rings. The largest absolute Gasteiger partial charge is 0.326 e. The second kappa shape index (κ2) is 8.37. The minimum atomic E-state index is -3.60. The lowest BCUT2D eigenvalue weighted by atomic mass is 10.1. The first-order chi connectivity index (χ1) is 14.3. The van der Waals surface area contributed by atoms with Crippen molar-refractivity contribution in [2.75, 3.05) is 18.4 Å². The lowest BCUT2D eigenvalue weighted by molar-refractivity contribution is -0.119. The van der Waals surface area contributed by atoms with Gasteiger partial charge in [-0.05, 0) is 50.3 Å². The quantitative estimate of drug-likeness (QED) is 0.730. The second-order valence-electron chi connectivity index (χ2n) is 8.30. The zero-order valence-corrected chi connectivity index (χ0v) is 19.0. The molecule has 9 heteroatoms. The van der Waals surface area contributed by atoms with Gasteiger partial charge in [-0.2, -0.15) is 4.31 Å². The summed E-state index contributed by atoms with van der Waals surface area (Å²) in [5.74, 6) is 0.103. The third-order valence-electron chi connectivity index (χ3n) is 6.01. The Labute approximate surface area is 181 Å². The normalized spacial score (nSPS) is 20.7. The summed E-state index contributed by atoms with van der Waals surface area (Å²) in [6.07, 6.45) is 4.74. The molecule has 0 spiro atoms. The van der Waals surface area contributed by atoms with Crippen LogP contribution in [0, 0.1) is 19.8 Å². The van der Waals surface area contributed by atoms with Crippen LogP contribution in [0.15, 0.2) is 23.1 Å². The molecule has 3 N–H and O–H groups in total. The topological polar surface area (TPSA) is 105 Å². The fourth-order valence-electron chi connectivity index (χ4n) is 4.24. The Kier molecular flexibility index (Phi) is 5.98. The molecular weight excluding hydrogens is 420 g/mol. The average molecular weight is 449 g/mol. The Morgan fingerprint density at radius 2 is 1.97 bits per heavy atom. The van der Waals surface area contributed by atoms with Gasteiger partial charge in [0.1, 0.15) is 0 Å². The van der Waals surface area contributed by atoms with Crippen molar-refractivity contribution in [3.05, 3.63) is 29.5 Å². The fourth-order valence-corrected chi connectivity index (χ4v) is 6.97. The molecule has 0 bridgehead atoms. The maximum atomic E-state index is 13.2. The number of sulfonamides is 1. The van der Waals surface area contributed by atoms with Crippen LogP contribution >= 0.6 is 11.3 Å². The van der Waals surface area contributed by atoms with Crippen molar-refractivity contribution in [2.24, 2.45) is 11.7 Å². The summed E-state index contributed by atoms with van der Waals surface area (Å²) in [7, 11) is -3.60. The molecule has 162 valence electrons. The summed E-state index contributed by atoms with van der Waals surface area (Å²) < 4.78 is 27.8. The highest BCUT2D eigenvalue weighted by Crippen LogP contribution is 2.36. The molecule has 1 aromatic carbocycles. The van der Waals surface area contributed by atoms with E-state index in [4.69, 9.17) is 5.73 Å². The van der Waals surface area contributed by atoms with Gasteiger partial charge in [0, 0.05) is 25.0 Å². The van der Waals surface area contributed by atoms with Gasteiger partial charge in [-0.1, -0.05) is 36.3 Å². The van der Waals surface area contributed by atoms with Crippen LogP contribution in [0.1, 0.15) is 43.4 Å². The number of carbonyl (C=O) groups is 1. The zero-order valence-electron chi connectivity index (χ0n) is 17.3. The molecule has 0 radical (unpaired) electrons. The number of amides is 1. The number of anilines is 1. The molecule has 2 aromatic rings. The third-order valence-corrected chi connectivity index (χ3v) is 9.14. The van der Waals surface area contributed by atoms with Crippen molar-refractivity contribution in [1.82, 2.24) is 9.29 Å². The lowest BCUT2D eigenvalue weighted by Gasteiger charge is -2.18. The molecule has 2 heterocycles. The smallest absolute Gasteiger partial charge is 0.243 e. The second-order valence-corrected chi connectivity index (χ2v) is 11.2. The molecule has 1 saturated heterocycles. The van der Waals surface area contributed by atoms with Gasteiger partial charge >= 0.3 is 0 Å². The van der Waals surface area contributed by atoms with E-state index in [-0.39, 0.29) is 17.9 Å². The van der Waals surface area contributed by atoms with E-state index in [1.165, 1.54) is 15.6 Å². The highest BCUT2D eigenvalue weighted by Gasteiger charge is 2.32. The predicted molar refractivity (Wildman–Crippen MR) is 119 cm³/mol. The zero-order chi connectivity index (χ0) is 21.5. The maximum Gasteiger partial charge on any atom is 0.243 e. The molecule has 4 rings (SSSR count). The van der Waals surface area contributed by atoms with Crippen LogP contribution in [0.4, 0.5) is 5.13 Å². The van der Waals surface area contributed by atoms with Crippen molar-refractivity contribution >= 4 is 32.4 Å². The minimum absolute atomic E-state index is 0.0327. The van der Waals surface area contributed by atoms with Crippen LogP contribution in [-0.4, -0.2) is 42.7 Å². The summed E-state index contributed by atoms with van der Waals surface area (Å²) in [5, 5.41) is 3.51. The number of nitrogens with one attached hydrogen (secondary N) is 1. The van der Waals surface area contributed by atoms with Crippen molar-refractivity contribution in [3.8, 4) is 10.4 Å². The Balaban J connectivity index is 1.61. The Morgan fingerprint density at radius 3 is 2.63 bits per heavy atom. The molecular formula is C21H28N4O3S2. The van der Waals surface area contributed by atoms with Gasteiger partial charge in [0.05, 0.1) is 15.5 Å². The van der Waals surface area contributed by atoms with Gasteiger partial charge in [0.15, 0.2) is 5.13 Å². The highest BCUT2D eigenvalue weighted by atomic mass is 32.2. The van der Waals surface area contributed by atoms with E-state index in [1.54, 1.807) is 13.0 Å².